The summed E-state index contributed by atoms with van der Waals surface area (Å²) in [5.74, 6) is -5.37. The van der Waals surface area contributed by atoms with Crippen LogP contribution in [0.15, 0.2) is 12.1 Å². The number of carbonyl (C=O) groups is 2. The van der Waals surface area contributed by atoms with Gasteiger partial charge in [-0.3, -0.25) is 19.7 Å². The van der Waals surface area contributed by atoms with Crippen molar-refractivity contribution in [1.29, 1.82) is 0 Å². The maximum Gasteiger partial charge on any atom is 0.310 e. The van der Waals surface area contributed by atoms with E-state index < -0.39 is 45.6 Å². The van der Waals surface area contributed by atoms with Gasteiger partial charge < -0.3 is 10.0 Å². The molecule has 1 amide bonds. The lowest BCUT2D eigenvalue weighted by atomic mass is 9.99. The van der Waals surface area contributed by atoms with Crippen LogP contribution in [-0.2, 0) is 4.79 Å². The first-order valence-corrected chi connectivity index (χ1v) is 5.46. The van der Waals surface area contributed by atoms with Crippen LogP contribution in [0.2, 0.25) is 0 Å². The molecule has 0 atom stereocenters. The number of likely N-dealkylation sites (tertiary alicyclic amines) is 1. The normalized spacial score (nSPS) is 14.8. The molecule has 106 valence electrons. The van der Waals surface area contributed by atoms with Crippen LogP contribution in [0.5, 0.6) is 0 Å². The van der Waals surface area contributed by atoms with Gasteiger partial charge >= 0.3 is 11.7 Å². The van der Waals surface area contributed by atoms with Crippen molar-refractivity contribution in [1.82, 2.24) is 4.90 Å². The number of nitro groups is 1. The van der Waals surface area contributed by atoms with Crippen LogP contribution in [0.1, 0.15) is 10.4 Å². The van der Waals surface area contributed by atoms with E-state index in [1.807, 2.05) is 0 Å². The topological polar surface area (TPSA) is 101 Å². The molecule has 2 rings (SSSR count). The third-order valence-electron chi connectivity index (χ3n) is 2.96. The van der Waals surface area contributed by atoms with Gasteiger partial charge in [-0.05, 0) is 6.07 Å². The fraction of sp³-hybridized carbons (Fsp3) is 0.273. The molecule has 0 bridgehead atoms. The highest BCUT2D eigenvalue weighted by Crippen LogP contribution is 2.26. The number of aliphatic carboxylic acids is 1. The molecule has 0 unspecified atom stereocenters. The lowest BCUT2D eigenvalue weighted by molar-refractivity contribution is -0.387. The van der Waals surface area contributed by atoms with Gasteiger partial charge in [-0.25, -0.2) is 4.39 Å². The summed E-state index contributed by atoms with van der Waals surface area (Å²) in [6.45, 7) is -0.282. The number of rotatable bonds is 3. The third kappa shape index (κ3) is 2.29. The minimum absolute atomic E-state index is 0.141. The monoisotopic (exact) mass is 286 g/mol. The maximum atomic E-state index is 13.8. The highest BCUT2D eigenvalue weighted by atomic mass is 19.1. The van der Waals surface area contributed by atoms with E-state index in [4.69, 9.17) is 5.11 Å². The Morgan fingerprint density at radius 1 is 1.35 bits per heavy atom. The number of amides is 1. The van der Waals surface area contributed by atoms with Crippen molar-refractivity contribution in [2.24, 2.45) is 5.92 Å². The zero-order valence-corrected chi connectivity index (χ0v) is 9.88. The fourth-order valence-corrected chi connectivity index (χ4v) is 1.83. The molecular weight excluding hydrogens is 278 g/mol. The van der Waals surface area contributed by atoms with Gasteiger partial charge in [0.25, 0.3) is 5.91 Å². The van der Waals surface area contributed by atoms with Crippen LogP contribution >= 0.6 is 0 Å². The lowest BCUT2D eigenvalue weighted by Gasteiger charge is -2.36. The third-order valence-corrected chi connectivity index (χ3v) is 2.96. The molecule has 1 aliphatic rings. The molecule has 1 fully saturated rings. The van der Waals surface area contributed by atoms with Gasteiger partial charge in [-0.1, -0.05) is 0 Å². The van der Waals surface area contributed by atoms with Crippen molar-refractivity contribution in [3.05, 3.63) is 39.4 Å². The van der Waals surface area contributed by atoms with E-state index in [9.17, 15) is 28.5 Å². The van der Waals surface area contributed by atoms with Crippen molar-refractivity contribution in [2.75, 3.05) is 13.1 Å². The largest absolute Gasteiger partial charge is 0.481 e. The van der Waals surface area contributed by atoms with Crippen LogP contribution < -0.4 is 0 Å². The predicted molar refractivity (Wildman–Crippen MR) is 60.0 cm³/mol. The van der Waals surface area contributed by atoms with Crippen LogP contribution in [-0.4, -0.2) is 39.9 Å². The maximum absolute atomic E-state index is 13.8. The highest BCUT2D eigenvalue weighted by Gasteiger charge is 2.38. The molecule has 7 nitrogen and oxygen atoms in total. The Kier molecular flexibility index (Phi) is 3.35. The van der Waals surface area contributed by atoms with Gasteiger partial charge in [0.05, 0.1) is 22.5 Å². The Morgan fingerprint density at radius 3 is 2.45 bits per heavy atom. The molecule has 1 heterocycles. The number of benzene rings is 1. The Labute approximate surface area is 110 Å². The number of carboxylic acids is 1. The second-order valence-corrected chi connectivity index (χ2v) is 4.29. The van der Waals surface area contributed by atoms with Crippen LogP contribution in [0, 0.1) is 27.7 Å². The number of carboxylic acid groups (broad SMARTS) is 1. The summed E-state index contributed by atoms with van der Waals surface area (Å²) in [7, 11) is 0. The molecule has 0 radical (unpaired) electrons. The summed E-state index contributed by atoms with van der Waals surface area (Å²) < 4.78 is 26.9. The minimum Gasteiger partial charge on any atom is -0.481 e. The summed E-state index contributed by atoms with van der Waals surface area (Å²) in [6, 6.07) is 0.932. The van der Waals surface area contributed by atoms with E-state index in [0.29, 0.717) is 12.1 Å². The lowest BCUT2D eigenvalue weighted by Crippen LogP contribution is -2.53. The molecule has 1 aromatic carbocycles. The number of nitro benzene ring substituents is 1. The van der Waals surface area contributed by atoms with Gasteiger partial charge in [0.1, 0.15) is 5.82 Å². The zero-order chi connectivity index (χ0) is 15.0. The number of halogens is 2. The van der Waals surface area contributed by atoms with Crippen LogP contribution in [0.25, 0.3) is 0 Å². The van der Waals surface area contributed by atoms with Crippen LogP contribution in [0.4, 0.5) is 14.5 Å². The van der Waals surface area contributed by atoms with E-state index >= 15 is 0 Å². The van der Waals surface area contributed by atoms with E-state index in [0.717, 1.165) is 4.90 Å². The molecule has 0 aliphatic carbocycles. The molecule has 9 heteroatoms. The Morgan fingerprint density at radius 2 is 1.95 bits per heavy atom. The molecule has 0 spiro atoms. The second-order valence-electron chi connectivity index (χ2n) is 4.29. The van der Waals surface area contributed by atoms with Gasteiger partial charge in [0.2, 0.25) is 5.82 Å². The molecule has 0 aromatic heterocycles. The summed E-state index contributed by atoms with van der Waals surface area (Å²) in [6.07, 6.45) is 0. The molecule has 20 heavy (non-hydrogen) atoms. The van der Waals surface area contributed by atoms with Gasteiger partial charge in [0, 0.05) is 13.1 Å². The van der Waals surface area contributed by atoms with Gasteiger partial charge in [-0.2, -0.15) is 4.39 Å². The first-order valence-electron chi connectivity index (χ1n) is 5.46. The van der Waals surface area contributed by atoms with Crippen LogP contribution in [0.3, 0.4) is 0 Å². The van der Waals surface area contributed by atoms with E-state index in [1.165, 1.54) is 0 Å². The Hall–Kier alpha value is -2.58. The average molecular weight is 286 g/mol. The van der Waals surface area contributed by atoms with Gasteiger partial charge in [-0.15, -0.1) is 0 Å². The summed E-state index contributed by atoms with van der Waals surface area (Å²) in [5.41, 5.74) is -1.91. The summed E-state index contributed by atoms with van der Waals surface area (Å²) in [5, 5.41) is 19.2. The van der Waals surface area contributed by atoms with Crippen molar-refractivity contribution in [3.8, 4) is 0 Å². The quantitative estimate of drug-likeness (QED) is 0.660. The fourth-order valence-electron chi connectivity index (χ4n) is 1.83. The predicted octanol–water partition coefficient (Wildman–Crippen LogP) is 1.03. The zero-order valence-electron chi connectivity index (χ0n) is 9.88. The molecule has 1 saturated heterocycles. The average Bonchev–Trinajstić information content (AvgIpc) is 2.28. The minimum atomic E-state index is -1.43. The second kappa shape index (κ2) is 4.83. The summed E-state index contributed by atoms with van der Waals surface area (Å²) in [4.78, 5) is 32.8. The van der Waals surface area contributed by atoms with Crippen molar-refractivity contribution < 1.29 is 28.4 Å². The Balaban J connectivity index is 2.27. The SMILES string of the molecule is O=C(O)C1CN(C(=O)c2cc(F)cc([N+](=O)[O-])c2F)C1. The number of hydrogen-bond donors (Lipinski definition) is 1. The van der Waals surface area contributed by atoms with Gasteiger partial charge in [0.15, 0.2) is 0 Å². The van der Waals surface area contributed by atoms with E-state index in [2.05, 4.69) is 0 Å². The van der Waals surface area contributed by atoms with Crippen molar-refractivity contribution in [2.45, 2.75) is 0 Å². The number of carbonyl (C=O) groups excluding carboxylic acids is 1. The van der Waals surface area contributed by atoms with E-state index in [1.54, 1.807) is 0 Å². The summed E-state index contributed by atoms with van der Waals surface area (Å²) >= 11 is 0. The molecule has 1 N–H and O–H groups in total. The molecule has 1 aromatic rings. The Bertz CT molecular complexity index is 613. The van der Waals surface area contributed by atoms with E-state index in [-0.39, 0.29) is 13.1 Å². The first-order chi connectivity index (χ1) is 9.31. The standard InChI is InChI=1S/C11H8F2N2O5/c12-6-1-7(9(13)8(2-6)15(19)20)10(16)14-3-5(4-14)11(17)18/h1-2,5H,3-4H2,(H,17,18). The number of nitrogens with zero attached hydrogens (tertiary/aromatic N) is 2. The highest BCUT2D eigenvalue weighted by molar-refractivity contribution is 5.96. The molecule has 1 aliphatic heterocycles. The molecule has 0 saturated carbocycles. The first kappa shape index (κ1) is 13.8. The molecular formula is C11H8F2N2O5. The van der Waals surface area contributed by atoms with Crippen molar-refractivity contribution >= 4 is 17.6 Å². The smallest absolute Gasteiger partial charge is 0.310 e. The number of hydrogen-bond acceptors (Lipinski definition) is 4. The van der Waals surface area contributed by atoms with Crippen molar-refractivity contribution in [3.63, 3.8) is 0 Å².